The lowest BCUT2D eigenvalue weighted by Gasteiger charge is -2.24. The third-order valence-electron chi connectivity index (χ3n) is 2.35. The molecule has 0 bridgehead atoms. The number of rotatable bonds is 5. The summed E-state index contributed by atoms with van der Waals surface area (Å²) in [6, 6.07) is 1.44. The molecule has 0 aliphatic carbocycles. The summed E-state index contributed by atoms with van der Waals surface area (Å²) in [5.74, 6) is 0.957. The zero-order valence-corrected chi connectivity index (χ0v) is 11.2. The first-order valence-electron chi connectivity index (χ1n) is 5.11. The average molecular weight is 259 g/mol. The van der Waals surface area contributed by atoms with E-state index in [4.69, 9.17) is 4.74 Å². The first-order chi connectivity index (χ1) is 7.83. The summed E-state index contributed by atoms with van der Waals surface area (Å²) < 4.78 is 27.4. The standard InChI is InChI=1S/C10H17N3O3S/c1-8(7-17(4,14)15)13(2)10-11-6-5-9(12-10)16-3/h5-6,8H,7H2,1-4H3. The highest BCUT2D eigenvalue weighted by molar-refractivity contribution is 7.90. The molecule has 0 aromatic carbocycles. The Morgan fingerprint density at radius 1 is 1.53 bits per heavy atom. The van der Waals surface area contributed by atoms with Crippen LogP contribution in [0.25, 0.3) is 0 Å². The van der Waals surface area contributed by atoms with Crippen LogP contribution >= 0.6 is 0 Å². The van der Waals surface area contributed by atoms with Crippen molar-refractivity contribution < 1.29 is 13.2 Å². The molecule has 1 aromatic heterocycles. The van der Waals surface area contributed by atoms with E-state index in [0.29, 0.717) is 11.8 Å². The molecule has 0 amide bonds. The molecule has 0 fully saturated rings. The van der Waals surface area contributed by atoms with Crippen molar-refractivity contribution in [3.63, 3.8) is 0 Å². The van der Waals surface area contributed by atoms with Crippen molar-refractivity contribution in [1.29, 1.82) is 0 Å². The Kier molecular flexibility index (Phi) is 4.28. The second-order valence-corrected chi connectivity index (χ2v) is 6.14. The van der Waals surface area contributed by atoms with Crippen molar-refractivity contribution in [1.82, 2.24) is 9.97 Å². The summed E-state index contributed by atoms with van der Waals surface area (Å²) in [5.41, 5.74) is 0. The molecule has 96 valence electrons. The predicted molar refractivity (Wildman–Crippen MR) is 66.2 cm³/mol. The van der Waals surface area contributed by atoms with Gasteiger partial charge in [0.25, 0.3) is 0 Å². The number of anilines is 1. The van der Waals surface area contributed by atoms with Crippen molar-refractivity contribution in [3.8, 4) is 5.88 Å². The Morgan fingerprint density at radius 3 is 2.71 bits per heavy atom. The molecule has 0 radical (unpaired) electrons. The Labute approximate surface area is 102 Å². The SMILES string of the molecule is COc1ccnc(N(C)C(C)CS(C)(=O)=O)n1. The Bertz CT molecular complexity index is 475. The van der Waals surface area contributed by atoms with Crippen LogP contribution < -0.4 is 9.64 Å². The molecule has 17 heavy (non-hydrogen) atoms. The lowest BCUT2D eigenvalue weighted by molar-refractivity contribution is 0.396. The third-order valence-corrected chi connectivity index (χ3v) is 3.43. The average Bonchev–Trinajstić information content (AvgIpc) is 2.26. The zero-order valence-electron chi connectivity index (χ0n) is 10.4. The minimum Gasteiger partial charge on any atom is -0.481 e. The van der Waals surface area contributed by atoms with Crippen LogP contribution in [0, 0.1) is 0 Å². The topological polar surface area (TPSA) is 72.4 Å². The van der Waals surface area contributed by atoms with Gasteiger partial charge >= 0.3 is 0 Å². The van der Waals surface area contributed by atoms with Crippen molar-refractivity contribution in [2.75, 3.05) is 31.1 Å². The van der Waals surface area contributed by atoms with Gasteiger partial charge in [-0.1, -0.05) is 0 Å². The van der Waals surface area contributed by atoms with Gasteiger partial charge in [0.15, 0.2) is 0 Å². The van der Waals surface area contributed by atoms with Crippen LogP contribution in [0.5, 0.6) is 5.88 Å². The fourth-order valence-electron chi connectivity index (χ4n) is 1.36. The van der Waals surface area contributed by atoms with E-state index in [2.05, 4.69) is 9.97 Å². The number of hydrogen-bond donors (Lipinski definition) is 0. The molecular weight excluding hydrogens is 242 g/mol. The molecule has 0 aliphatic heterocycles. The molecule has 7 heteroatoms. The van der Waals surface area contributed by atoms with E-state index >= 15 is 0 Å². The third kappa shape index (κ3) is 4.18. The Balaban J connectivity index is 2.84. The van der Waals surface area contributed by atoms with Crippen LogP contribution in [-0.2, 0) is 9.84 Å². The Hall–Kier alpha value is -1.37. The monoisotopic (exact) mass is 259 g/mol. The zero-order chi connectivity index (χ0) is 13.1. The molecule has 1 rings (SSSR count). The first kappa shape index (κ1) is 13.7. The van der Waals surface area contributed by atoms with E-state index in [1.165, 1.54) is 13.4 Å². The van der Waals surface area contributed by atoms with E-state index in [-0.39, 0.29) is 11.8 Å². The molecule has 6 nitrogen and oxygen atoms in total. The summed E-state index contributed by atoms with van der Waals surface area (Å²) in [7, 11) is 0.254. The minimum atomic E-state index is -3.02. The van der Waals surface area contributed by atoms with Gasteiger partial charge in [-0.15, -0.1) is 0 Å². The number of nitrogens with zero attached hydrogens (tertiary/aromatic N) is 3. The highest BCUT2D eigenvalue weighted by Crippen LogP contribution is 2.13. The maximum Gasteiger partial charge on any atom is 0.228 e. The number of hydrogen-bond acceptors (Lipinski definition) is 6. The van der Waals surface area contributed by atoms with Crippen molar-refractivity contribution in [2.24, 2.45) is 0 Å². The summed E-state index contributed by atoms with van der Waals surface area (Å²) in [6.07, 6.45) is 2.79. The largest absolute Gasteiger partial charge is 0.481 e. The number of sulfone groups is 1. The first-order valence-corrected chi connectivity index (χ1v) is 7.17. The van der Waals surface area contributed by atoms with Crippen LogP contribution in [0.15, 0.2) is 12.3 Å². The molecule has 0 N–H and O–H groups in total. The molecule has 0 aliphatic rings. The van der Waals surface area contributed by atoms with Gasteiger partial charge in [-0.2, -0.15) is 4.98 Å². The van der Waals surface area contributed by atoms with E-state index < -0.39 is 9.84 Å². The van der Waals surface area contributed by atoms with Gasteiger partial charge < -0.3 is 9.64 Å². The van der Waals surface area contributed by atoms with Crippen LogP contribution in [-0.4, -0.2) is 50.6 Å². The second-order valence-electron chi connectivity index (χ2n) is 3.95. The second kappa shape index (κ2) is 5.31. The normalized spacial score (nSPS) is 13.2. The van der Waals surface area contributed by atoms with Crippen molar-refractivity contribution in [2.45, 2.75) is 13.0 Å². The van der Waals surface area contributed by atoms with E-state index in [1.54, 1.807) is 24.2 Å². The molecule has 0 saturated carbocycles. The summed E-state index contributed by atoms with van der Waals surface area (Å²) in [5, 5.41) is 0. The van der Waals surface area contributed by atoms with Crippen LogP contribution in [0.4, 0.5) is 5.95 Å². The lowest BCUT2D eigenvalue weighted by Crippen LogP contribution is -2.35. The predicted octanol–water partition coefficient (Wildman–Crippen LogP) is 0.355. The fourth-order valence-corrected chi connectivity index (χ4v) is 2.46. The summed E-state index contributed by atoms with van der Waals surface area (Å²) >= 11 is 0. The van der Waals surface area contributed by atoms with E-state index in [1.807, 2.05) is 6.92 Å². The molecule has 1 atom stereocenters. The minimum absolute atomic E-state index is 0.0596. The van der Waals surface area contributed by atoms with Crippen LogP contribution in [0.2, 0.25) is 0 Å². The summed E-state index contributed by atoms with van der Waals surface area (Å²) in [6.45, 7) is 1.81. The van der Waals surface area contributed by atoms with Crippen LogP contribution in [0.3, 0.4) is 0 Å². The highest BCUT2D eigenvalue weighted by atomic mass is 32.2. The molecule has 1 unspecified atom stereocenters. The van der Waals surface area contributed by atoms with Gasteiger partial charge in [0, 0.05) is 31.6 Å². The number of methoxy groups -OCH3 is 1. The highest BCUT2D eigenvalue weighted by Gasteiger charge is 2.17. The van der Waals surface area contributed by atoms with Crippen LogP contribution in [0.1, 0.15) is 6.92 Å². The molecule has 0 saturated heterocycles. The molecular formula is C10H17N3O3S. The number of aromatic nitrogens is 2. The lowest BCUT2D eigenvalue weighted by atomic mass is 10.3. The maximum absolute atomic E-state index is 11.2. The number of ether oxygens (including phenoxy) is 1. The van der Waals surface area contributed by atoms with Crippen molar-refractivity contribution >= 4 is 15.8 Å². The van der Waals surface area contributed by atoms with E-state index in [9.17, 15) is 8.42 Å². The Morgan fingerprint density at radius 2 is 2.18 bits per heavy atom. The smallest absolute Gasteiger partial charge is 0.228 e. The van der Waals surface area contributed by atoms with Gasteiger partial charge in [0.05, 0.1) is 12.9 Å². The van der Waals surface area contributed by atoms with Gasteiger partial charge in [-0.25, -0.2) is 13.4 Å². The van der Waals surface area contributed by atoms with Gasteiger partial charge in [0.1, 0.15) is 9.84 Å². The summed E-state index contributed by atoms with van der Waals surface area (Å²) in [4.78, 5) is 9.93. The molecule has 0 spiro atoms. The fraction of sp³-hybridized carbons (Fsp3) is 0.600. The van der Waals surface area contributed by atoms with Gasteiger partial charge in [0.2, 0.25) is 11.8 Å². The van der Waals surface area contributed by atoms with E-state index in [0.717, 1.165) is 0 Å². The van der Waals surface area contributed by atoms with Gasteiger partial charge in [-0.05, 0) is 6.92 Å². The van der Waals surface area contributed by atoms with Crippen molar-refractivity contribution in [3.05, 3.63) is 12.3 Å². The maximum atomic E-state index is 11.2. The van der Waals surface area contributed by atoms with Gasteiger partial charge in [-0.3, -0.25) is 0 Å². The quantitative estimate of drug-likeness (QED) is 0.760. The molecule has 1 aromatic rings. The molecule has 1 heterocycles.